The van der Waals surface area contributed by atoms with Crippen molar-refractivity contribution < 1.29 is 23.9 Å². The van der Waals surface area contributed by atoms with E-state index in [1.165, 1.54) is 89.9 Å². The van der Waals surface area contributed by atoms with Crippen LogP contribution in [0.3, 0.4) is 0 Å². The fourth-order valence-corrected chi connectivity index (χ4v) is 5.20. The van der Waals surface area contributed by atoms with Gasteiger partial charge < -0.3 is 26.8 Å². The van der Waals surface area contributed by atoms with Crippen LogP contribution >= 0.6 is 0 Å². The summed E-state index contributed by atoms with van der Waals surface area (Å²) in [5, 5.41) is 6.31. The number of unbranched alkanes of at least 4 members (excludes halogenated alkanes) is 18. The van der Waals surface area contributed by atoms with Crippen LogP contribution in [0.5, 0.6) is 0 Å². The van der Waals surface area contributed by atoms with Crippen molar-refractivity contribution in [1.82, 2.24) is 10.6 Å². The quantitative estimate of drug-likeness (QED) is 0.0393. The number of hydrogen-bond acceptors (Lipinski definition) is 7. The molecule has 2 atom stereocenters. The molecule has 0 aromatic carbocycles. The normalized spacial score (nSPS) is 12.6. The molecular weight excluding hydrogens is 544 g/mol. The molecule has 2 amide bonds. The fourth-order valence-electron chi connectivity index (χ4n) is 5.20. The minimum atomic E-state index is -0.797. The Hall–Kier alpha value is -2.00. The molecule has 0 saturated heterocycles. The van der Waals surface area contributed by atoms with Crippen molar-refractivity contribution in [2.75, 3.05) is 13.1 Å². The van der Waals surface area contributed by atoms with E-state index in [2.05, 4.69) is 24.5 Å². The summed E-state index contributed by atoms with van der Waals surface area (Å²) in [4.78, 5) is 48.5. The monoisotopic (exact) mass is 611 g/mol. The summed E-state index contributed by atoms with van der Waals surface area (Å²) in [5.74, 6) is -2.46. The van der Waals surface area contributed by atoms with Crippen LogP contribution in [-0.4, -0.2) is 48.9 Å². The lowest BCUT2D eigenvalue weighted by Crippen LogP contribution is -2.45. The van der Waals surface area contributed by atoms with Crippen LogP contribution in [0, 0.1) is 0 Å². The van der Waals surface area contributed by atoms with Gasteiger partial charge in [0.15, 0.2) is 0 Å². The van der Waals surface area contributed by atoms with Crippen LogP contribution in [0.25, 0.3) is 0 Å². The Bertz CT molecular complexity index is 661. The van der Waals surface area contributed by atoms with Crippen LogP contribution in [-0.2, 0) is 23.9 Å². The second kappa shape index (κ2) is 30.0. The number of primary amides is 2. The predicted molar refractivity (Wildman–Crippen MR) is 175 cm³/mol. The molecule has 0 fully saturated rings. The molecule has 252 valence electrons. The molecule has 0 saturated carbocycles. The maximum absolute atomic E-state index is 12.9. The summed E-state index contributed by atoms with van der Waals surface area (Å²) in [6.07, 6.45) is 24.5. The predicted octanol–water partition coefficient (Wildman–Crippen LogP) is 6.35. The van der Waals surface area contributed by atoms with Gasteiger partial charge in [-0.15, -0.1) is 0 Å². The number of amides is 2. The summed E-state index contributed by atoms with van der Waals surface area (Å²) in [6, 6.07) is -1.59. The Balaban J connectivity index is 4.52. The molecule has 0 aliphatic rings. The molecule has 0 aliphatic heterocycles. The van der Waals surface area contributed by atoms with Crippen LogP contribution in [0.2, 0.25) is 0 Å². The Kier molecular flexibility index (Phi) is 28.6. The standard InChI is InChI=1S/C34H66N4O5/c1-3-5-7-9-11-13-15-17-19-21-27-37-29(23-25-31(35)39)33(41)43-34(42)30(24-26-32(36)40)38-28-22-20-18-16-14-12-10-8-6-4-2/h29-30,37-38H,3-28H2,1-2H3,(H2,35,39)(H2,36,40)/t29-,30-/m0/s1. The summed E-state index contributed by atoms with van der Waals surface area (Å²) >= 11 is 0. The van der Waals surface area contributed by atoms with E-state index >= 15 is 0 Å². The maximum Gasteiger partial charge on any atom is 0.330 e. The van der Waals surface area contributed by atoms with E-state index in [1.54, 1.807) is 0 Å². The summed E-state index contributed by atoms with van der Waals surface area (Å²) in [5.41, 5.74) is 10.6. The molecule has 0 rings (SSSR count). The van der Waals surface area contributed by atoms with Crippen molar-refractivity contribution in [3.05, 3.63) is 0 Å². The molecule has 43 heavy (non-hydrogen) atoms. The van der Waals surface area contributed by atoms with Gasteiger partial charge in [-0.2, -0.15) is 0 Å². The first kappa shape index (κ1) is 41.0. The molecule has 0 aliphatic carbocycles. The van der Waals surface area contributed by atoms with Crippen molar-refractivity contribution in [2.45, 2.75) is 180 Å². The van der Waals surface area contributed by atoms with Crippen molar-refractivity contribution >= 4 is 23.8 Å². The molecule has 0 unspecified atom stereocenters. The van der Waals surface area contributed by atoms with Gasteiger partial charge >= 0.3 is 11.9 Å². The Morgan fingerprint density at radius 2 is 0.767 bits per heavy atom. The van der Waals surface area contributed by atoms with Crippen LogP contribution < -0.4 is 22.1 Å². The Morgan fingerprint density at radius 1 is 0.488 bits per heavy atom. The van der Waals surface area contributed by atoms with Gasteiger partial charge in [0, 0.05) is 12.8 Å². The van der Waals surface area contributed by atoms with Gasteiger partial charge in [-0.1, -0.05) is 129 Å². The van der Waals surface area contributed by atoms with E-state index in [1.807, 2.05) is 0 Å². The average molecular weight is 611 g/mol. The fraction of sp³-hybridized carbons (Fsp3) is 0.882. The van der Waals surface area contributed by atoms with Crippen LogP contribution in [0.15, 0.2) is 0 Å². The topological polar surface area (TPSA) is 154 Å². The first-order valence-electron chi connectivity index (χ1n) is 17.6. The summed E-state index contributed by atoms with van der Waals surface area (Å²) in [7, 11) is 0. The van der Waals surface area contributed by atoms with E-state index in [0.717, 1.165) is 38.5 Å². The van der Waals surface area contributed by atoms with Gasteiger partial charge in [0.25, 0.3) is 0 Å². The maximum atomic E-state index is 12.9. The molecule has 6 N–H and O–H groups in total. The smallest absolute Gasteiger partial charge is 0.330 e. The first-order chi connectivity index (χ1) is 20.8. The Morgan fingerprint density at radius 3 is 1.05 bits per heavy atom. The second-order valence-electron chi connectivity index (χ2n) is 12.1. The molecule has 0 heterocycles. The highest BCUT2D eigenvalue weighted by molar-refractivity contribution is 5.91. The molecule has 0 spiro atoms. The van der Waals surface area contributed by atoms with E-state index in [-0.39, 0.29) is 25.7 Å². The lowest BCUT2D eigenvalue weighted by atomic mass is 10.1. The second-order valence-corrected chi connectivity index (χ2v) is 12.1. The third-order valence-electron chi connectivity index (χ3n) is 7.97. The zero-order chi connectivity index (χ0) is 32.0. The number of carbonyl (C=O) groups excluding carboxylic acids is 4. The van der Waals surface area contributed by atoms with Gasteiger partial charge in [-0.3, -0.25) is 9.59 Å². The van der Waals surface area contributed by atoms with Gasteiger partial charge in [-0.05, 0) is 38.8 Å². The number of nitrogens with two attached hydrogens (primary N) is 2. The number of carbonyl (C=O) groups is 4. The van der Waals surface area contributed by atoms with Crippen molar-refractivity contribution in [1.29, 1.82) is 0 Å². The largest absolute Gasteiger partial charge is 0.391 e. The zero-order valence-corrected chi connectivity index (χ0v) is 27.7. The number of ether oxygens (including phenoxy) is 1. The molecule has 0 bridgehead atoms. The van der Waals surface area contributed by atoms with Gasteiger partial charge in [-0.25, -0.2) is 9.59 Å². The molecule has 0 radical (unpaired) electrons. The van der Waals surface area contributed by atoms with E-state index in [0.29, 0.717) is 13.1 Å². The lowest BCUT2D eigenvalue weighted by Gasteiger charge is -2.20. The third-order valence-corrected chi connectivity index (χ3v) is 7.97. The van der Waals surface area contributed by atoms with Gasteiger partial charge in [0.05, 0.1) is 0 Å². The van der Waals surface area contributed by atoms with Gasteiger partial charge in [0.2, 0.25) is 11.8 Å². The molecule has 0 aromatic heterocycles. The molecule has 0 aromatic rings. The molecule has 9 nitrogen and oxygen atoms in total. The molecule has 9 heteroatoms. The summed E-state index contributed by atoms with van der Waals surface area (Å²) in [6.45, 7) is 5.63. The molecular formula is C34H66N4O5. The van der Waals surface area contributed by atoms with Gasteiger partial charge in [0.1, 0.15) is 12.1 Å². The number of nitrogens with one attached hydrogen (secondary N) is 2. The summed E-state index contributed by atoms with van der Waals surface area (Å²) < 4.78 is 5.23. The minimum absolute atomic E-state index is 0.0150. The number of hydrogen-bond donors (Lipinski definition) is 4. The van der Waals surface area contributed by atoms with E-state index < -0.39 is 35.8 Å². The highest BCUT2D eigenvalue weighted by Crippen LogP contribution is 2.12. The lowest BCUT2D eigenvalue weighted by molar-refractivity contribution is -0.162. The first-order valence-corrected chi connectivity index (χ1v) is 17.6. The van der Waals surface area contributed by atoms with E-state index in [9.17, 15) is 19.2 Å². The van der Waals surface area contributed by atoms with Crippen molar-refractivity contribution in [3.63, 3.8) is 0 Å². The zero-order valence-electron chi connectivity index (χ0n) is 27.7. The van der Waals surface area contributed by atoms with Crippen molar-refractivity contribution in [3.8, 4) is 0 Å². The highest BCUT2D eigenvalue weighted by atomic mass is 16.6. The van der Waals surface area contributed by atoms with E-state index in [4.69, 9.17) is 16.2 Å². The SMILES string of the molecule is CCCCCCCCCCCCN[C@@H](CCC(N)=O)C(=O)OC(=O)[C@H](CCC(N)=O)NCCCCCCCCCCCC. The van der Waals surface area contributed by atoms with Crippen molar-refractivity contribution in [2.24, 2.45) is 11.5 Å². The Labute approximate surface area is 262 Å². The third kappa shape index (κ3) is 27.3. The van der Waals surface area contributed by atoms with Crippen LogP contribution in [0.1, 0.15) is 168 Å². The number of rotatable bonds is 32. The number of esters is 2. The highest BCUT2D eigenvalue weighted by Gasteiger charge is 2.27. The van der Waals surface area contributed by atoms with Crippen LogP contribution in [0.4, 0.5) is 0 Å². The average Bonchev–Trinajstić information content (AvgIpc) is 2.97. The minimum Gasteiger partial charge on any atom is -0.391 e.